The lowest BCUT2D eigenvalue weighted by molar-refractivity contribution is 0.739. The van der Waals surface area contributed by atoms with Crippen LogP contribution in [0.1, 0.15) is 24.7 Å². The molecule has 0 spiro atoms. The number of hydrogen-bond acceptors (Lipinski definition) is 2. The lowest BCUT2D eigenvalue weighted by Gasteiger charge is -1.98. The minimum atomic E-state index is 0.805. The van der Waals surface area contributed by atoms with Crippen molar-refractivity contribution < 1.29 is 0 Å². The third-order valence-corrected chi connectivity index (χ3v) is 3.16. The van der Waals surface area contributed by atoms with E-state index in [-0.39, 0.29) is 0 Å². The van der Waals surface area contributed by atoms with Gasteiger partial charge in [-0.15, -0.1) is 0 Å². The van der Waals surface area contributed by atoms with E-state index in [1.165, 1.54) is 5.57 Å². The highest BCUT2D eigenvalue weighted by atomic mass is 35.5. The molecule has 2 heterocycles. The number of nitrogens with one attached hydrogen (secondary N) is 1. The predicted octanol–water partition coefficient (Wildman–Crippen LogP) is 2.01. The molecule has 82 valence electrons. The fourth-order valence-corrected chi connectivity index (χ4v) is 2.20. The van der Waals surface area contributed by atoms with Crippen molar-refractivity contribution in [1.29, 1.82) is 0 Å². The first-order chi connectivity index (χ1) is 7.22. The molecular weight excluding hydrogens is 210 g/mol. The number of nitrogens with zero attached hydrogens (tertiary/aromatic N) is 2. The van der Waals surface area contributed by atoms with Crippen molar-refractivity contribution in [3.8, 4) is 0 Å². The van der Waals surface area contributed by atoms with Gasteiger partial charge in [0.05, 0.1) is 16.4 Å². The van der Waals surface area contributed by atoms with Crippen LogP contribution in [0.4, 0.5) is 0 Å². The maximum absolute atomic E-state index is 6.26. The fourth-order valence-electron chi connectivity index (χ4n) is 1.85. The summed E-state index contributed by atoms with van der Waals surface area (Å²) < 4.78 is 1.87. The summed E-state index contributed by atoms with van der Waals surface area (Å²) >= 11 is 6.26. The summed E-state index contributed by atoms with van der Waals surface area (Å²) in [6, 6.07) is 0. The summed E-state index contributed by atoms with van der Waals surface area (Å²) in [6.45, 7) is 4.12. The van der Waals surface area contributed by atoms with E-state index < -0.39 is 0 Å². The molecule has 1 fully saturated rings. The Morgan fingerprint density at radius 3 is 2.93 bits per heavy atom. The molecule has 3 nitrogen and oxygen atoms in total. The van der Waals surface area contributed by atoms with Gasteiger partial charge in [-0.05, 0) is 25.5 Å². The highest BCUT2D eigenvalue weighted by Gasteiger charge is 2.13. The minimum absolute atomic E-state index is 0.805. The zero-order valence-electron chi connectivity index (χ0n) is 9.18. The molecule has 0 aliphatic carbocycles. The van der Waals surface area contributed by atoms with E-state index in [4.69, 9.17) is 11.6 Å². The first-order valence-corrected chi connectivity index (χ1v) is 5.71. The maximum Gasteiger partial charge on any atom is 0.0891 e. The normalized spacial score (nSPS) is 19.0. The number of rotatable bonds is 2. The first kappa shape index (κ1) is 10.7. The summed E-state index contributed by atoms with van der Waals surface area (Å²) in [5.41, 5.74) is 3.42. The van der Waals surface area contributed by atoms with E-state index in [1.54, 1.807) is 0 Å². The van der Waals surface area contributed by atoms with Gasteiger partial charge in [-0.1, -0.05) is 24.1 Å². The molecule has 1 saturated heterocycles. The lowest BCUT2D eigenvalue weighted by atomic mass is 10.2. The average Bonchev–Trinajstić information content (AvgIpc) is 2.81. The van der Waals surface area contributed by atoms with Gasteiger partial charge in [-0.2, -0.15) is 5.10 Å². The third-order valence-electron chi connectivity index (χ3n) is 2.75. The Morgan fingerprint density at radius 1 is 1.60 bits per heavy atom. The maximum atomic E-state index is 6.26. The van der Waals surface area contributed by atoms with Crippen molar-refractivity contribution in [1.82, 2.24) is 15.1 Å². The van der Waals surface area contributed by atoms with Crippen molar-refractivity contribution in [3.05, 3.63) is 22.0 Å². The standard InChI is InChI=1S/C11H16ClN3/c1-3-9-11(12)10(15(2)14-9)6-8-4-5-13-7-8/h6,13H,3-5,7H2,1-2H3. The van der Waals surface area contributed by atoms with Crippen molar-refractivity contribution in [2.45, 2.75) is 19.8 Å². The molecule has 0 bridgehead atoms. The van der Waals surface area contributed by atoms with Crippen LogP contribution >= 0.6 is 11.6 Å². The summed E-state index contributed by atoms with van der Waals surface area (Å²) in [5.74, 6) is 0. The van der Waals surface area contributed by atoms with E-state index >= 15 is 0 Å². The number of aryl methyl sites for hydroxylation is 2. The molecule has 2 rings (SSSR count). The van der Waals surface area contributed by atoms with Crippen LogP contribution in [0.2, 0.25) is 5.02 Å². The Hall–Kier alpha value is -0.800. The molecule has 1 aliphatic heterocycles. The monoisotopic (exact) mass is 225 g/mol. The molecule has 1 aromatic heterocycles. The molecule has 15 heavy (non-hydrogen) atoms. The Bertz CT molecular complexity index is 385. The van der Waals surface area contributed by atoms with Gasteiger partial charge in [-0.3, -0.25) is 4.68 Å². The molecule has 0 radical (unpaired) electrons. The third kappa shape index (κ3) is 2.08. The van der Waals surface area contributed by atoms with Crippen molar-refractivity contribution >= 4 is 17.7 Å². The minimum Gasteiger partial charge on any atom is -0.313 e. The van der Waals surface area contributed by atoms with Crippen molar-refractivity contribution in [3.63, 3.8) is 0 Å². The molecule has 1 aromatic rings. The largest absolute Gasteiger partial charge is 0.313 e. The van der Waals surface area contributed by atoms with Crippen LogP contribution in [0.15, 0.2) is 5.57 Å². The van der Waals surface area contributed by atoms with Crippen LogP contribution in [0.3, 0.4) is 0 Å². The molecule has 0 unspecified atom stereocenters. The van der Waals surface area contributed by atoms with E-state index in [0.29, 0.717) is 0 Å². The summed E-state index contributed by atoms with van der Waals surface area (Å²) in [5, 5.41) is 8.51. The smallest absolute Gasteiger partial charge is 0.0891 e. The van der Waals surface area contributed by atoms with Crippen molar-refractivity contribution in [2.24, 2.45) is 7.05 Å². The van der Waals surface area contributed by atoms with E-state index in [9.17, 15) is 0 Å². The molecule has 0 atom stereocenters. The van der Waals surface area contributed by atoms with Crippen LogP contribution < -0.4 is 5.32 Å². The van der Waals surface area contributed by atoms with E-state index in [1.807, 2.05) is 11.7 Å². The Labute approximate surface area is 95.1 Å². The molecule has 0 aromatic carbocycles. The second kappa shape index (κ2) is 4.37. The van der Waals surface area contributed by atoms with Gasteiger partial charge in [0, 0.05) is 13.6 Å². The second-order valence-corrected chi connectivity index (χ2v) is 4.23. The predicted molar refractivity (Wildman–Crippen MR) is 63.1 cm³/mol. The molecule has 0 amide bonds. The summed E-state index contributed by atoms with van der Waals surface area (Å²) in [7, 11) is 1.94. The van der Waals surface area contributed by atoms with E-state index in [2.05, 4.69) is 23.4 Å². The van der Waals surface area contributed by atoms with E-state index in [0.717, 1.165) is 42.3 Å². The summed E-state index contributed by atoms with van der Waals surface area (Å²) in [6.07, 6.45) is 4.16. The molecule has 1 aliphatic rings. The number of hydrogen-bond donors (Lipinski definition) is 1. The quantitative estimate of drug-likeness (QED) is 0.835. The number of halogens is 1. The second-order valence-electron chi connectivity index (χ2n) is 3.85. The lowest BCUT2D eigenvalue weighted by Crippen LogP contribution is -2.04. The molecule has 4 heteroatoms. The fraction of sp³-hybridized carbons (Fsp3) is 0.545. The SMILES string of the molecule is CCc1nn(C)c(C=C2CCNC2)c1Cl. The zero-order chi connectivity index (χ0) is 10.8. The Balaban J connectivity index is 2.34. The molecule has 0 saturated carbocycles. The van der Waals surface area contributed by atoms with Gasteiger partial charge >= 0.3 is 0 Å². The van der Waals surface area contributed by atoms with Crippen molar-refractivity contribution in [2.75, 3.05) is 13.1 Å². The van der Waals surface area contributed by atoms with Gasteiger partial charge in [-0.25, -0.2) is 0 Å². The Morgan fingerprint density at radius 2 is 2.40 bits per heavy atom. The van der Waals surface area contributed by atoms with Gasteiger partial charge in [0.2, 0.25) is 0 Å². The van der Waals surface area contributed by atoms with Gasteiger partial charge in [0.15, 0.2) is 0 Å². The highest BCUT2D eigenvalue weighted by Crippen LogP contribution is 2.24. The van der Waals surface area contributed by atoms with Crippen LogP contribution in [0.5, 0.6) is 0 Å². The van der Waals surface area contributed by atoms with Gasteiger partial charge in [0.25, 0.3) is 0 Å². The number of aromatic nitrogens is 2. The van der Waals surface area contributed by atoms with Gasteiger partial charge < -0.3 is 5.32 Å². The summed E-state index contributed by atoms with van der Waals surface area (Å²) in [4.78, 5) is 0. The van der Waals surface area contributed by atoms with Crippen LogP contribution in [-0.4, -0.2) is 22.9 Å². The molecule has 1 N–H and O–H groups in total. The van der Waals surface area contributed by atoms with Crippen LogP contribution in [0, 0.1) is 0 Å². The Kier molecular flexibility index (Phi) is 3.12. The average molecular weight is 226 g/mol. The zero-order valence-corrected chi connectivity index (χ0v) is 9.93. The van der Waals surface area contributed by atoms with Gasteiger partial charge in [0.1, 0.15) is 0 Å². The first-order valence-electron chi connectivity index (χ1n) is 5.34. The topological polar surface area (TPSA) is 29.9 Å². The van der Waals surface area contributed by atoms with Crippen LogP contribution in [-0.2, 0) is 13.5 Å². The molecular formula is C11H16ClN3. The van der Waals surface area contributed by atoms with Crippen LogP contribution in [0.25, 0.3) is 6.08 Å². The highest BCUT2D eigenvalue weighted by molar-refractivity contribution is 6.32.